The van der Waals surface area contributed by atoms with E-state index in [1.54, 1.807) is 24.1 Å². The normalized spacial score (nSPS) is 19.5. The number of carbonyl (C=O) groups is 1. The van der Waals surface area contributed by atoms with E-state index in [-0.39, 0.29) is 24.8 Å². The first-order chi connectivity index (χ1) is 13.1. The monoisotopic (exact) mass is 372 g/mol. The van der Waals surface area contributed by atoms with Crippen molar-refractivity contribution in [2.45, 2.75) is 18.6 Å². The summed E-state index contributed by atoms with van der Waals surface area (Å²) < 4.78 is 24.8. The Kier molecular flexibility index (Phi) is 6.42. The van der Waals surface area contributed by atoms with Gasteiger partial charge in [0.15, 0.2) is 0 Å². The number of benzene rings is 2. The molecule has 1 atom stereocenters. The summed E-state index contributed by atoms with van der Waals surface area (Å²) in [5.74, 6) is 0.227. The molecule has 1 saturated heterocycles. The third-order valence-corrected chi connectivity index (χ3v) is 4.61. The molecule has 6 heteroatoms. The molecule has 0 radical (unpaired) electrons. The quantitative estimate of drug-likeness (QED) is 0.812. The zero-order chi connectivity index (χ0) is 19.1. The molecule has 3 rings (SSSR count). The van der Waals surface area contributed by atoms with Gasteiger partial charge in [-0.05, 0) is 29.8 Å². The largest absolute Gasteiger partial charge is 0.491 e. The SMILES string of the molecule is CN(Cc1ccccc1)C(=O)C[C@@]1(COc2ccc(F)cc2)CNCCO1. The molecule has 144 valence electrons. The second-order valence-corrected chi connectivity index (χ2v) is 6.86. The highest BCUT2D eigenvalue weighted by atomic mass is 19.1. The number of halogens is 1. The summed E-state index contributed by atoms with van der Waals surface area (Å²) in [6.07, 6.45) is 0.213. The number of carbonyl (C=O) groups excluding carboxylic acids is 1. The number of rotatable bonds is 7. The second-order valence-electron chi connectivity index (χ2n) is 6.86. The predicted octanol–water partition coefficient (Wildman–Crippen LogP) is 2.61. The van der Waals surface area contributed by atoms with E-state index in [2.05, 4.69) is 5.32 Å². The van der Waals surface area contributed by atoms with Crippen LogP contribution in [0.2, 0.25) is 0 Å². The van der Waals surface area contributed by atoms with Gasteiger partial charge in [-0.1, -0.05) is 30.3 Å². The molecule has 0 bridgehead atoms. The van der Waals surface area contributed by atoms with E-state index in [0.29, 0.717) is 25.4 Å². The van der Waals surface area contributed by atoms with E-state index in [9.17, 15) is 9.18 Å². The van der Waals surface area contributed by atoms with Gasteiger partial charge in [-0.15, -0.1) is 0 Å². The van der Waals surface area contributed by atoms with Crippen molar-refractivity contribution in [2.24, 2.45) is 0 Å². The molecule has 1 fully saturated rings. The number of ether oxygens (including phenoxy) is 2. The summed E-state index contributed by atoms with van der Waals surface area (Å²) in [5, 5.41) is 3.28. The summed E-state index contributed by atoms with van der Waals surface area (Å²) >= 11 is 0. The fraction of sp³-hybridized carbons (Fsp3) is 0.381. The zero-order valence-electron chi connectivity index (χ0n) is 15.5. The lowest BCUT2D eigenvalue weighted by molar-refractivity contribution is -0.144. The molecule has 0 spiro atoms. The molecule has 1 heterocycles. The van der Waals surface area contributed by atoms with Crippen molar-refractivity contribution in [3.05, 3.63) is 66.0 Å². The van der Waals surface area contributed by atoms with Gasteiger partial charge in [-0.2, -0.15) is 0 Å². The van der Waals surface area contributed by atoms with Crippen LogP contribution in [0.4, 0.5) is 4.39 Å². The Bertz CT molecular complexity index is 731. The lowest BCUT2D eigenvalue weighted by Crippen LogP contribution is -2.55. The molecule has 1 aliphatic heterocycles. The van der Waals surface area contributed by atoms with Crippen molar-refractivity contribution in [2.75, 3.05) is 33.4 Å². The molecule has 0 unspecified atom stereocenters. The van der Waals surface area contributed by atoms with E-state index < -0.39 is 5.60 Å². The maximum atomic E-state index is 13.1. The Hall–Kier alpha value is -2.44. The van der Waals surface area contributed by atoms with Gasteiger partial charge in [0.05, 0.1) is 13.0 Å². The molecule has 1 aliphatic rings. The van der Waals surface area contributed by atoms with Crippen LogP contribution >= 0.6 is 0 Å². The highest BCUT2D eigenvalue weighted by Gasteiger charge is 2.37. The Labute approximate surface area is 159 Å². The lowest BCUT2D eigenvalue weighted by Gasteiger charge is -2.37. The molecule has 27 heavy (non-hydrogen) atoms. The number of nitrogens with zero attached hydrogens (tertiary/aromatic N) is 1. The Morgan fingerprint density at radius 1 is 1.22 bits per heavy atom. The minimum atomic E-state index is -0.741. The number of nitrogens with one attached hydrogen (secondary N) is 1. The Morgan fingerprint density at radius 3 is 2.63 bits per heavy atom. The maximum Gasteiger partial charge on any atom is 0.225 e. The number of hydrogen-bond donors (Lipinski definition) is 1. The number of morpholine rings is 1. The molecule has 0 saturated carbocycles. The van der Waals surface area contributed by atoms with Crippen molar-refractivity contribution >= 4 is 5.91 Å². The van der Waals surface area contributed by atoms with Gasteiger partial charge in [-0.25, -0.2) is 4.39 Å². The second kappa shape index (κ2) is 8.97. The smallest absolute Gasteiger partial charge is 0.225 e. The standard InChI is InChI=1S/C21H25FN2O3/c1-24(14-17-5-3-2-4-6-17)20(25)13-21(15-23-11-12-27-21)16-26-19-9-7-18(22)8-10-19/h2-10,23H,11-16H2,1H3/t21-/m0/s1. The van der Waals surface area contributed by atoms with Crippen molar-refractivity contribution in [3.63, 3.8) is 0 Å². The highest BCUT2D eigenvalue weighted by molar-refractivity contribution is 5.77. The minimum Gasteiger partial charge on any atom is -0.491 e. The molecule has 5 nitrogen and oxygen atoms in total. The van der Waals surface area contributed by atoms with Gasteiger partial charge < -0.3 is 19.7 Å². The molecular weight excluding hydrogens is 347 g/mol. The molecule has 2 aromatic carbocycles. The van der Waals surface area contributed by atoms with Crippen LogP contribution in [0.25, 0.3) is 0 Å². The molecule has 0 aromatic heterocycles. The van der Waals surface area contributed by atoms with E-state index >= 15 is 0 Å². The fourth-order valence-corrected chi connectivity index (χ4v) is 3.07. The highest BCUT2D eigenvalue weighted by Crippen LogP contribution is 2.22. The van der Waals surface area contributed by atoms with E-state index in [4.69, 9.17) is 9.47 Å². The van der Waals surface area contributed by atoms with Crippen LogP contribution in [0.5, 0.6) is 5.75 Å². The van der Waals surface area contributed by atoms with Crippen LogP contribution < -0.4 is 10.1 Å². The van der Waals surface area contributed by atoms with Crippen molar-refractivity contribution in [1.29, 1.82) is 0 Å². The van der Waals surface area contributed by atoms with Crippen molar-refractivity contribution in [3.8, 4) is 5.75 Å². The summed E-state index contributed by atoms with van der Waals surface area (Å²) in [4.78, 5) is 14.5. The van der Waals surface area contributed by atoms with E-state index in [1.807, 2.05) is 30.3 Å². The van der Waals surface area contributed by atoms with Crippen molar-refractivity contribution < 1.29 is 18.7 Å². The summed E-state index contributed by atoms with van der Waals surface area (Å²) in [5.41, 5.74) is 0.335. The Morgan fingerprint density at radius 2 is 1.96 bits per heavy atom. The van der Waals surface area contributed by atoms with Gasteiger partial charge in [0.1, 0.15) is 23.8 Å². The molecule has 2 aromatic rings. The topological polar surface area (TPSA) is 50.8 Å². The van der Waals surface area contributed by atoms with Crippen LogP contribution in [0.15, 0.2) is 54.6 Å². The zero-order valence-corrected chi connectivity index (χ0v) is 15.5. The van der Waals surface area contributed by atoms with Crippen molar-refractivity contribution in [1.82, 2.24) is 10.2 Å². The first kappa shape index (κ1) is 19.3. The fourth-order valence-electron chi connectivity index (χ4n) is 3.07. The first-order valence-corrected chi connectivity index (χ1v) is 9.07. The van der Waals surface area contributed by atoms with Gasteiger partial charge in [0.2, 0.25) is 5.91 Å². The third-order valence-electron chi connectivity index (χ3n) is 4.61. The Balaban J connectivity index is 1.62. The number of hydrogen-bond acceptors (Lipinski definition) is 4. The lowest BCUT2D eigenvalue weighted by atomic mass is 9.98. The summed E-state index contributed by atoms with van der Waals surface area (Å²) in [6.45, 7) is 2.55. The van der Waals surface area contributed by atoms with Gasteiger partial charge in [-0.3, -0.25) is 4.79 Å². The molecule has 0 aliphatic carbocycles. The van der Waals surface area contributed by atoms with E-state index in [0.717, 1.165) is 12.1 Å². The average molecular weight is 372 g/mol. The molecular formula is C21H25FN2O3. The predicted molar refractivity (Wildman–Crippen MR) is 101 cm³/mol. The van der Waals surface area contributed by atoms with Crippen LogP contribution in [-0.4, -0.2) is 49.8 Å². The molecule has 1 N–H and O–H groups in total. The third kappa shape index (κ3) is 5.52. The molecule has 1 amide bonds. The van der Waals surface area contributed by atoms with Gasteiger partial charge >= 0.3 is 0 Å². The van der Waals surface area contributed by atoms with Gasteiger partial charge in [0.25, 0.3) is 0 Å². The van der Waals surface area contributed by atoms with E-state index in [1.165, 1.54) is 12.1 Å². The van der Waals surface area contributed by atoms with Gasteiger partial charge in [0, 0.05) is 26.7 Å². The minimum absolute atomic E-state index is 0.00902. The first-order valence-electron chi connectivity index (χ1n) is 9.07. The summed E-state index contributed by atoms with van der Waals surface area (Å²) in [7, 11) is 1.79. The number of amides is 1. The van der Waals surface area contributed by atoms with Crippen LogP contribution in [0, 0.1) is 5.82 Å². The van der Waals surface area contributed by atoms with Crippen LogP contribution in [0.3, 0.4) is 0 Å². The average Bonchev–Trinajstić information content (AvgIpc) is 2.69. The van der Waals surface area contributed by atoms with Crippen LogP contribution in [0.1, 0.15) is 12.0 Å². The maximum absolute atomic E-state index is 13.1. The summed E-state index contributed by atoms with van der Waals surface area (Å²) in [6, 6.07) is 15.7. The van der Waals surface area contributed by atoms with Crippen LogP contribution in [-0.2, 0) is 16.1 Å².